The highest BCUT2D eigenvalue weighted by atomic mass is 16.5. The van der Waals surface area contributed by atoms with E-state index in [9.17, 15) is 28.8 Å². The van der Waals surface area contributed by atoms with Crippen LogP contribution in [0.4, 0.5) is 4.79 Å². The summed E-state index contributed by atoms with van der Waals surface area (Å²) in [6.07, 6.45) is -1.20. The maximum absolute atomic E-state index is 14.2. The normalized spacial score (nSPS) is 17.2. The van der Waals surface area contributed by atoms with Crippen molar-refractivity contribution >= 4 is 36.1 Å². The highest BCUT2D eigenvalue weighted by molar-refractivity contribution is 5.97. The fourth-order valence-electron chi connectivity index (χ4n) is 5.00. The van der Waals surface area contributed by atoms with Gasteiger partial charge in [-0.1, -0.05) is 91.0 Å². The highest BCUT2D eigenvalue weighted by Crippen LogP contribution is 2.20. The molecular formula is C33H34N4O8. The first-order valence-corrected chi connectivity index (χ1v) is 14.3. The van der Waals surface area contributed by atoms with E-state index in [2.05, 4.69) is 10.6 Å². The third-order valence-electron chi connectivity index (χ3n) is 7.17. The summed E-state index contributed by atoms with van der Waals surface area (Å²) in [5.74, 6) is -3.31. The Kier molecular flexibility index (Phi) is 11.4. The summed E-state index contributed by atoms with van der Waals surface area (Å²) in [5.41, 5.74) is 2.24. The zero-order valence-corrected chi connectivity index (χ0v) is 24.4. The number of ether oxygens (including phenoxy) is 1. The number of carbonyl (C=O) groups excluding carboxylic acids is 5. The van der Waals surface area contributed by atoms with Gasteiger partial charge in [0.2, 0.25) is 17.7 Å². The molecule has 12 heteroatoms. The van der Waals surface area contributed by atoms with E-state index in [1.165, 1.54) is 4.90 Å². The van der Waals surface area contributed by atoms with E-state index < -0.39 is 60.9 Å². The molecule has 0 aliphatic carbocycles. The van der Waals surface area contributed by atoms with Crippen LogP contribution in [0.5, 0.6) is 0 Å². The molecule has 1 fully saturated rings. The van der Waals surface area contributed by atoms with Crippen LogP contribution in [-0.4, -0.2) is 82.2 Å². The number of amides is 4. The number of aldehydes is 1. The van der Waals surface area contributed by atoms with E-state index in [0.29, 0.717) is 0 Å². The number of benzene rings is 3. The van der Waals surface area contributed by atoms with E-state index in [0.717, 1.165) is 21.6 Å². The SMILES string of the molecule is O=C[C@H](CC(=O)O)NC(=O)CN1C(=O)[C@@H](NC(=O)OCc2ccccc2)CN(Cc2ccccc2)C(=O)[C@@H]1Cc1ccccc1. The first-order valence-electron chi connectivity index (χ1n) is 14.3. The predicted molar refractivity (Wildman–Crippen MR) is 161 cm³/mol. The maximum atomic E-state index is 14.2. The second-order valence-electron chi connectivity index (χ2n) is 10.5. The van der Waals surface area contributed by atoms with Gasteiger partial charge in [0.25, 0.3) is 0 Å². The smallest absolute Gasteiger partial charge is 0.408 e. The van der Waals surface area contributed by atoms with Crippen LogP contribution >= 0.6 is 0 Å². The van der Waals surface area contributed by atoms with Gasteiger partial charge in [-0.05, 0) is 16.7 Å². The quantitative estimate of drug-likeness (QED) is 0.246. The summed E-state index contributed by atoms with van der Waals surface area (Å²) < 4.78 is 5.35. The van der Waals surface area contributed by atoms with Crippen molar-refractivity contribution in [3.8, 4) is 0 Å². The molecule has 1 saturated heterocycles. The summed E-state index contributed by atoms with van der Waals surface area (Å²) >= 11 is 0. The first-order chi connectivity index (χ1) is 21.7. The number of aliphatic carboxylic acids is 1. The van der Waals surface area contributed by atoms with Crippen molar-refractivity contribution in [2.75, 3.05) is 13.1 Å². The molecule has 3 aromatic carbocycles. The van der Waals surface area contributed by atoms with Crippen LogP contribution in [-0.2, 0) is 48.3 Å². The average Bonchev–Trinajstić information content (AvgIpc) is 3.12. The van der Waals surface area contributed by atoms with Gasteiger partial charge in [0.15, 0.2) is 0 Å². The van der Waals surface area contributed by atoms with Crippen molar-refractivity contribution in [2.24, 2.45) is 0 Å². The molecule has 0 aromatic heterocycles. The number of alkyl carbamates (subject to hydrolysis) is 1. The van der Waals surface area contributed by atoms with Gasteiger partial charge in [-0.15, -0.1) is 0 Å². The van der Waals surface area contributed by atoms with Crippen molar-refractivity contribution in [3.05, 3.63) is 108 Å². The Morgan fingerprint density at radius 2 is 1.44 bits per heavy atom. The van der Waals surface area contributed by atoms with Gasteiger partial charge in [0.1, 0.15) is 31.5 Å². The molecule has 0 unspecified atom stereocenters. The number of carboxylic acid groups (broad SMARTS) is 1. The van der Waals surface area contributed by atoms with Gasteiger partial charge in [-0.25, -0.2) is 4.79 Å². The molecule has 4 amide bonds. The lowest BCUT2D eigenvalue weighted by atomic mass is 10.0. The van der Waals surface area contributed by atoms with E-state index in [-0.39, 0.29) is 32.4 Å². The summed E-state index contributed by atoms with van der Waals surface area (Å²) in [6.45, 7) is -0.796. The van der Waals surface area contributed by atoms with E-state index in [1.54, 1.807) is 54.6 Å². The summed E-state index contributed by atoms with van der Waals surface area (Å²) in [5, 5.41) is 14.0. The van der Waals surface area contributed by atoms with E-state index in [1.807, 2.05) is 36.4 Å². The molecule has 3 aromatic rings. The first kappa shape index (κ1) is 32.4. The minimum Gasteiger partial charge on any atom is -0.481 e. The summed E-state index contributed by atoms with van der Waals surface area (Å²) in [6, 6.07) is 23.2. The van der Waals surface area contributed by atoms with Crippen molar-refractivity contribution in [2.45, 2.75) is 44.1 Å². The van der Waals surface area contributed by atoms with Crippen LogP contribution < -0.4 is 10.6 Å². The number of rotatable bonds is 13. The molecule has 234 valence electrons. The Bertz CT molecular complexity index is 1490. The molecule has 0 spiro atoms. The Morgan fingerprint density at radius 1 is 0.867 bits per heavy atom. The molecule has 1 heterocycles. The lowest BCUT2D eigenvalue weighted by Gasteiger charge is -2.31. The number of nitrogens with one attached hydrogen (secondary N) is 2. The Labute approximate surface area is 260 Å². The molecule has 4 rings (SSSR count). The molecular weight excluding hydrogens is 580 g/mol. The zero-order valence-electron chi connectivity index (χ0n) is 24.4. The summed E-state index contributed by atoms with van der Waals surface area (Å²) in [7, 11) is 0. The standard InChI is InChI=1S/C33H34N4O8/c38-21-26(17-30(40)41)34-29(39)20-37-28(16-23-10-4-1-5-11-23)32(43)36(18-24-12-6-2-7-13-24)19-27(31(37)42)35-33(44)45-22-25-14-8-3-9-15-25/h1-15,21,26-28H,16-20,22H2,(H,34,39)(H,35,44)(H,40,41)/t26-,27-,28-/m0/s1. The van der Waals surface area contributed by atoms with Crippen LogP contribution in [0.25, 0.3) is 0 Å². The Hall–Kier alpha value is -5.52. The third kappa shape index (κ3) is 9.48. The third-order valence-corrected chi connectivity index (χ3v) is 7.17. The molecule has 0 bridgehead atoms. The van der Waals surface area contributed by atoms with Gasteiger partial charge in [0, 0.05) is 13.0 Å². The maximum Gasteiger partial charge on any atom is 0.408 e. The van der Waals surface area contributed by atoms with Gasteiger partial charge >= 0.3 is 12.1 Å². The van der Waals surface area contributed by atoms with Crippen LogP contribution in [0.2, 0.25) is 0 Å². The minimum atomic E-state index is -1.34. The fraction of sp³-hybridized carbons (Fsp3) is 0.273. The van der Waals surface area contributed by atoms with E-state index >= 15 is 0 Å². The van der Waals surface area contributed by atoms with Gasteiger partial charge in [0.05, 0.1) is 19.0 Å². The number of hydrogen-bond donors (Lipinski definition) is 3. The van der Waals surface area contributed by atoms with Crippen LogP contribution in [0, 0.1) is 0 Å². The number of nitrogens with zero attached hydrogens (tertiary/aromatic N) is 2. The lowest BCUT2D eigenvalue weighted by molar-refractivity contribution is -0.144. The second kappa shape index (κ2) is 15.8. The fourth-order valence-corrected chi connectivity index (χ4v) is 5.00. The molecule has 1 aliphatic heterocycles. The van der Waals surface area contributed by atoms with Crippen molar-refractivity contribution in [1.29, 1.82) is 0 Å². The molecule has 0 radical (unpaired) electrons. The average molecular weight is 615 g/mol. The lowest BCUT2D eigenvalue weighted by Crippen LogP contribution is -2.56. The van der Waals surface area contributed by atoms with Crippen LogP contribution in [0.3, 0.4) is 0 Å². The number of carbonyl (C=O) groups is 6. The van der Waals surface area contributed by atoms with Gasteiger partial charge < -0.3 is 35.1 Å². The van der Waals surface area contributed by atoms with Crippen molar-refractivity contribution in [3.63, 3.8) is 0 Å². The van der Waals surface area contributed by atoms with Crippen LogP contribution in [0.1, 0.15) is 23.1 Å². The Balaban J connectivity index is 1.64. The minimum absolute atomic E-state index is 0.0559. The van der Waals surface area contributed by atoms with Crippen molar-refractivity contribution < 1.29 is 38.6 Å². The molecule has 3 atom stereocenters. The molecule has 12 nitrogen and oxygen atoms in total. The zero-order chi connectivity index (χ0) is 32.2. The van der Waals surface area contributed by atoms with Crippen molar-refractivity contribution in [1.82, 2.24) is 20.4 Å². The number of hydrogen-bond acceptors (Lipinski definition) is 7. The summed E-state index contributed by atoms with van der Waals surface area (Å²) in [4.78, 5) is 79.3. The topological polar surface area (TPSA) is 162 Å². The largest absolute Gasteiger partial charge is 0.481 e. The Morgan fingerprint density at radius 3 is 2.02 bits per heavy atom. The second-order valence-corrected chi connectivity index (χ2v) is 10.5. The monoisotopic (exact) mass is 614 g/mol. The highest BCUT2D eigenvalue weighted by Gasteiger charge is 2.43. The molecule has 1 aliphatic rings. The van der Waals surface area contributed by atoms with E-state index in [4.69, 9.17) is 9.84 Å². The molecule has 3 N–H and O–H groups in total. The van der Waals surface area contributed by atoms with Gasteiger partial charge in [-0.3, -0.25) is 19.2 Å². The predicted octanol–water partition coefficient (Wildman–Crippen LogP) is 1.92. The molecule has 45 heavy (non-hydrogen) atoms. The molecule has 0 saturated carbocycles. The van der Waals surface area contributed by atoms with Crippen LogP contribution in [0.15, 0.2) is 91.0 Å². The number of carboxylic acids is 1. The van der Waals surface area contributed by atoms with Gasteiger partial charge in [-0.2, -0.15) is 0 Å².